The molecule has 1 aliphatic rings. The molecule has 0 radical (unpaired) electrons. The zero-order valence-corrected chi connectivity index (χ0v) is 16.6. The predicted molar refractivity (Wildman–Crippen MR) is 114 cm³/mol. The molecule has 2 aromatic heterocycles. The largest absolute Gasteiger partial charge is 0.467 e. The molecule has 0 aliphatic heterocycles. The number of para-hydroxylation sites is 1. The van der Waals surface area contributed by atoms with Crippen LogP contribution in [-0.2, 0) is 30.7 Å². The number of halogens is 1. The van der Waals surface area contributed by atoms with Gasteiger partial charge in [-0.3, -0.25) is 4.79 Å². The van der Waals surface area contributed by atoms with E-state index in [-0.39, 0.29) is 17.6 Å². The van der Waals surface area contributed by atoms with E-state index in [1.54, 1.807) is 18.4 Å². The number of fused-ring (bicyclic) bond motifs is 3. The van der Waals surface area contributed by atoms with E-state index >= 15 is 0 Å². The van der Waals surface area contributed by atoms with E-state index in [0.29, 0.717) is 13.1 Å². The lowest BCUT2D eigenvalue weighted by Gasteiger charge is -2.23. The second-order valence-corrected chi connectivity index (χ2v) is 7.90. The summed E-state index contributed by atoms with van der Waals surface area (Å²) < 4.78 is 21.3. The van der Waals surface area contributed by atoms with Crippen molar-refractivity contribution in [1.82, 2.24) is 9.88 Å². The van der Waals surface area contributed by atoms with Crippen LogP contribution in [0.15, 0.2) is 71.3 Å². The first kappa shape index (κ1) is 18.7. The van der Waals surface area contributed by atoms with E-state index in [1.165, 1.54) is 22.7 Å². The van der Waals surface area contributed by atoms with Crippen LogP contribution in [0.25, 0.3) is 10.9 Å². The van der Waals surface area contributed by atoms with E-state index in [9.17, 15) is 9.18 Å². The predicted octanol–water partition coefficient (Wildman–Crippen LogP) is 4.84. The van der Waals surface area contributed by atoms with E-state index in [0.717, 1.165) is 36.1 Å². The topological polar surface area (TPSA) is 47.2 Å². The maximum atomic E-state index is 13.7. The summed E-state index contributed by atoms with van der Waals surface area (Å²) in [7, 11) is 0. The second kappa shape index (κ2) is 7.82. The number of rotatable bonds is 5. The molecule has 2 heterocycles. The number of aromatic nitrogens is 1. The maximum Gasteiger partial charge on any atom is 0.223 e. The van der Waals surface area contributed by atoms with Crippen LogP contribution in [0.1, 0.15) is 29.0 Å². The van der Waals surface area contributed by atoms with Crippen molar-refractivity contribution in [2.24, 2.45) is 5.92 Å². The Balaban J connectivity index is 1.42. The summed E-state index contributed by atoms with van der Waals surface area (Å²) >= 11 is 0. The average Bonchev–Trinajstić information content (AvgIpc) is 3.39. The van der Waals surface area contributed by atoms with Gasteiger partial charge in [0.15, 0.2) is 0 Å². The fourth-order valence-corrected chi connectivity index (χ4v) is 4.56. The fourth-order valence-electron chi connectivity index (χ4n) is 4.56. The Hall–Kier alpha value is -3.34. The molecule has 0 bridgehead atoms. The third-order valence-corrected chi connectivity index (χ3v) is 5.99. The van der Waals surface area contributed by atoms with Gasteiger partial charge in [0.05, 0.1) is 12.8 Å². The van der Waals surface area contributed by atoms with Crippen molar-refractivity contribution in [1.29, 1.82) is 0 Å². The normalized spacial score (nSPS) is 15.8. The van der Waals surface area contributed by atoms with Gasteiger partial charge in [0.1, 0.15) is 11.6 Å². The highest BCUT2D eigenvalue weighted by Gasteiger charge is 2.29. The van der Waals surface area contributed by atoms with Crippen molar-refractivity contribution >= 4 is 16.8 Å². The molecular formula is C25H23FN2O2. The number of nitrogens with zero attached hydrogens (tertiary/aromatic N) is 1. The molecule has 0 saturated carbocycles. The van der Waals surface area contributed by atoms with Gasteiger partial charge in [-0.25, -0.2) is 4.39 Å². The Morgan fingerprint density at radius 3 is 2.87 bits per heavy atom. The summed E-state index contributed by atoms with van der Waals surface area (Å²) in [5.41, 5.74) is 4.59. The summed E-state index contributed by atoms with van der Waals surface area (Å²) in [5, 5.41) is 4.19. The first-order valence-electron chi connectivity index (χ1n) is 10.3. The molecule has 1 amide bonds. The van der Waals surface area contributed by atoms with Crippen LogP contribution >= 0.6 is 0 Å². The number of hydrogen-bond donors (Lipinski definition) is 1. The quantitative estimate of drug-likeness (QED) is 0.519. The Morgan fingerprint density at radius 2 is 2.03 bits per heavy atom. The van der Waals surface area contributed by atoms with Gasteiger partial charge in [0.2, 0.25) is 5.91 Å². The standard InChI is InChI=1S/C25H23FN2O2/c26-19-6-3-5-17(13-19)16-28-23-9-2-1-8-21(23)22-14-18(10-11-24(22)28)25(29)27-15-20-7-4-12-30-20/h1-9,12-13,18H,10-11,14-16H2,(H,27,29). The van der Waals surface area contributed by atoms with E-state index in [2.05, 4.69) is 22.0 Å². The van der Waals surface area contributed by atoms with Gasteiger partial charge in [0, 0.05) is 29.1 Å². The zero-order chi connectivity index (χ0) is 20.5. The average molecular weight is 402 g/mol. The molecular weight excluding hydrogens is 379 g/mol. The van der Waals surface area contributed by atoms with Crippen molar-refractivity contribution in [3.63, 3.8) is 0 Å². The maximum absolute atomic E-state index is 13.7. The Labute approximate surface area is 174 Å². The van der Waals surface area contributed by atoms with Crippen molar-refractivity contribution < 1.29 is 13.6 Å². The van der Waals surface area contributed by atoms with E-state index < -0.39 is 0 Å². The van der Waals surface area contributed by atoms with Crippen LogP contribution in [0, 0.1) is 11.7 Å². The SMILES string of the molecule is O=C(NCc1ccco1)C1CCc2c(c3ccccc3n2Cc2cccc(F)c2)C1. The number of carbonyl (C=O) groups excluding carboxylic acids is 1. The Morgan fingerprint density at radius 1 is 1.13 bits per heavy atom. The molecule has 4 nitrogen and oxygen atoms in total. The van der Waals surface area contributed by atoms with Crippen LogP contribution < -0.4 is 5.32 Å². The van der Waals surface area contributed by atoms with Crippen molar-refractivity contribution in [3.05, 3.63) is 95.3 Å². The summed E-state index contributed by atoms with van der Waals surface area (Å²) in [4.78, 5) is 12.8. The molecule has 1 unspecified atom stereocenters. The third-order valence-electron chi connectivity index (χ3n) is 5.99. The summed E-state index contributed by atoms with van der Waals surface area (Å²) in [6.45, 7) is 1.04. The number of furan rings is 1. The van der Waals surface area contributed by atoms with Crippen LogP contribution in [0.5, 0.6) is 0 Å². The summed E-state index contributed by atoms with van der Waals surface area (Å²) in [5.74, 6) is 0.553. The van der Waals surface area contributed by atoms with Gasteiger partial charge < -0.3 is 14.3 Å². The second-order valence-electron chi connectivity index (χ2n) is 7.90. The van der Waals surface area contributed by atoms with Gasteiger partial charge in [0.25, 0.3) is 0 Å². The molecule has 2 aromatic carbocycles. The molecule has 5 heteroatoms. The number of hydrogen-bond acceptors (Lipinski definition) is 2. The summed E-state index contributed by atoms with van der Waals surface area (Å²) in [6.07, 6.45) is 3.96. The minimum atomic E-state index is -0.217. The van der Waals surface area contributed by atoms with E-state index in [1.807, 2.05) is 30.3 Å². The minimum absolute atomic E-state index is 0.0547. The van der Waals surface area contributed by atoms with Gasteiger partial charge in [-0.05, 0) is 60.7 Å². The van der Waals surface area contributed by atoms with Crippen molar-refractivity contribution in [2.75, 3.05) is 0 Å². The molecule has 1 N–H and O–H groups in total. The molecule has 1 atom stereocenters. The van der Waals surface area contributed by atoms with Crippen LogP contribution in [0.2, 0.25) is 0 Å². The van der Waals surface area contributed by atoms with E-state index in [4.69, 9.17) is 4.42 Å². The molecule has 1 aliphatic carbocycles. The first-order chi connectivity index (χ1) is 14.7. The van der Waals surface area contributed by atoms with Crippen LogP contribution in [0.3, 0.4) is 0 Å². The minimum Gasteiger partial charge on any atom is -0.467 e. The number of benzene rings is 2. The van der Waals surface area contributed by atoms with Gasteiger partial charge in [-0.1, -0.05) is 30.3 Å². The molecule has 30 heavy (non-hydrogen) atoms. The number of nitrogens with one attached hydrogen (secondary N) is 1. The molecule has 0 fully saturated rings. The highest BCUT2D eigenvalue weighted by Crippen LogP contribution is 2.35. The first-order valence-corrected chi connectivity index (χ1v) is 10.3. The molecule has 4 aromatic rings. The lowest BCUT2D eigenvalue weighted by atomic mass is 9.85. The number of amides is 1. The molecule has 0 spiro atoms. The molecule has 0 saturated heterocycles. The van der Waals surface area contributed by atoms with Crippen molar-refractivity contribution in [2.45, 2.75) is 32.4 Å². The number of carbonyl (C=O) groups is 1. The van der Waals surface area contributed by atoms with Crippen LogP contribution in [0.4, 0.5) is 4.39 Å². The molecule has 152 valence electrons. The monoisotopic (exact) mass is 402 g/mol. The lowest BCUT2D eigenvalue weighted by molar-refractivity contribution is -0.125. The van der Waals surface area contributed by atoms with Gasteiger partial charge >= 0.3 is 0 Å². The highest BCUT2D eigenvalue weighted by molar-refractivity contribution is 5.87. The Kier molecular flexibility index (Phi) is 4.87. The zero-order valence-electron chi connectivity index (χ0n) is 16.6. The van der Waals surface area contributed by atoms with Gasteiger partial charge in [-0.2, -0.15) is 0 Å². The van der Waals surface area contributed by atoms with Crippen molar-refractivity contribution in [3.8, 4) is 0 Å². The lowest BCUT2D eigenvalue weighted by Crippen LogP contribution is -2.33. The summed E-state index contributed by atoms with van der Waals surface area (Å²) in [6, 6.07) is 18.8. The van der Waals surface area contributed by atoms with Crippen LogP contribution in [-0.4, -0.2) is 10.5 Å². The Bertz CT molecular complexity index is 1190. The van der Waals surface area contributed by atoms with Gasteiger partial charge in [-0.15, -0.1) is 0 Å². The smallest absolute Gasteiger partial charge is 0.223 e. The molecule has 5 rings (SSSR count). The highest BCUT2D eigenvalue weighted by atomic mass is 19.1. The third kappa shape index (κ3) is 3.52. The fraction of sp³-hybridized carbons (Fsp3) is 0.240.